The Morgan fingerprint density at radius 1 is 1.07 bits per heavy atom. The van der Waals surface area contributed by atoms with E-state index in [-0.39, 0.29) is 0 Å². The van der Waals surface area contributed by atoms with Gasteiger partial charge in [-0.05, 0) is 54.9 Å². The van der Waals surface area contributed by atoms with Gasteiger partial charge in [0.1, 0.15) is 10.7 Å². The van der Waals surface area contributed by atoms with Gasteiger partial charge in [-0.2, -0.15) is 5.10 Å². The number of rotatable bonds is 4. The second-order valence-electron chi connectivity index (χ2n) is 6.71. The van der Waals surface area contributed by atoms with Gasteiger partial charge in [-0.15, -0.1) is 11.3 Å². The van der Waals surface area contributed by atoms with Gasteiger partial charge in [0.05, 0.1) is 6.54 Å². The monoisotopic (exact) mass is 425 g/mol. The molecule has 0 unspecified atom stereocenters. The molecule has 1 aromatic heterocycles. The highest BCUT2D eigenvalue weighted by Crippen LogP contribution is 2.33. The van der Waals surface area contributed by atoms with Crippen LogP contribution >= 0.6 is 35.2 Å². The van der Waals surface area contributed by atoms with Crippen LogP contribution in [0, 0.1) is 6.92 Å². The van der Waals surface area contributed by atoms with E-state index in [0.717, 1.165) is 28.3 Å². The number of thiocarbonyl (C=S) groups is 1. The van der Waals surface area contributed by atoms with Gasteiger partial charge in [-0.3, -0.25) is 0 Å². The number of benzene rings is 2. The highest BCUT2D eigenvalue weighted by molar-refractivity contribution is 7.80. The zero-order valence-electron chi connectivity index (χ0n) is 15.7. The molecule has 0 spiro atoms. The lowest BCUT2D eigenvalue weighted by Gasteiger charge is -2.19. The summed E-state index contributed by atoms with van der Waals surface area (Å²) in [5.74, 6) is 0. The molecule has 0 aliphatic carbocycles. The summed E-state index contributed by atoms with van der Waals surface area (Å²) >= 11 is 13.4. The van der Waals surface area contributed by atoms with Crippen LogP contribution in [0.5, 0.6) is 0 Å². The molecule has 1 aliphatic heterocycles. The molecule has 2 heterocycles. The van der Waals surface area contributed by atoms with Crippen molar-refractivity contribution in [3.8, 4) is 0 Å². The number of anilines is 1. The van der Waals surface area contributed by atoms with E-state index in [2.05, 4.69) is 49.5 Å². The SMILES string of the molecule is CCc1ccc(CN2N=C(c3ccc(Cl)cc3)c3cc(C)sc3NC2=S)cc1. The van der Waals surface area contributed by atoms with Crippen LogP contribution in [0.25, 0.3) is 0 Å². The van der Waals surface area contributed by atoms with Gasteiger partial charge in [0.2, 0.25) is 0 Å². The first-order chi connectivity index (χ1) is 13.5. The zero-order valence-corrected chi connectivity index (χ0v) is 18.1. The molecular weight excluding hydrogens is 406 g/mol. The third kappa shape index (κ3) is 3.97. The summed E-state index contributed by atoms with van der Waals surface area (Å²) in [4.78, 5) is 1.21. The van der Waals surface area contributed by atoms with Crippen molar-refractivity contribution in [1.29, 1.82) is 0 Å². The molecule has 4 rings (SSSR count). The van der Waals surface area contributed by atoms with Gasteiger partial charge < -0.3 is 5.32 Å². The number of hydrogen-bond acceptors (Lipinski definition) is 3. The lowest BCUT2D eigenvalue weighted by atomic mass is 10.0. The molecule has 0 fully saturated rings. The Balaban J connectivity index is 1.74. The fraction of sp³-hybridized carbons (Fsp3) is 0.182. The molecule has 0 amide bonds. The maximum Gasteiger partial charge on any atom is 0.195 e. The third-order valence-electron chi connectivity index (χ3n) is 4.67. The largest absolute Gasteiger partial charge is 0.322 e. The Hall–Kier alpha value is -2.21. The van der Waals surface area contributed by atoms with Gasteiger partial charge in [0.25, 0.3) is 0 Å². The van der Waals surface area contributed by atoms with Crippen LogP contribution in [0.1, 0.15) is 34.1 Å². The molecular formula is C22H20ClN3S2. The first kappa shape index (κ1) is 19.1. The maximum atomic E-state index is 6.09. The first-order valence-electron chi connectivity index (χ1n) is 9.15. The van der Waals surface area contributed by atoms with Gasteiger partial charge in [-0.1, -0.05) is 54.9 Å². The van der Waals surface area contributed by atoms with Crippen LogP contribution in [0.4, 0.5) is 5.00 Å². The highest BCUT2D eigenvalue weighted by Gasteiger charge is 2.23. The molecule has 3 aromatic rings. The lowest BCUT2D eigenvalue weighted by molar-refractivity contribution is 0.448. The Bertz CT molecular complexity index is 1040. The molecule has 1 aliphatic rings. The minimum atomic E-state index is 0.603. The summed E-state index contributed by atoms with van der Waals surface area (Å²) < 4.78 is 0. The first-order valence-corrected chi connectivity index (χ1v) is 10.8. The topological polar surface area (TPSA) is 27.6 Å². The Morgan fingerprint density at radius 2 is 1.75 bits per heavy atom. The highest BCUT2D eigenvalue weighted by atomic mass is 35.5. The van der Waals surface area contributed by atoms with Crippen molar-refractivity contribution in [2.24, 2.45) is 5.10 Å². The van der Waals surface area contributed by atoms with Crippen molar-refractivity contribution in [2.45, 2.75) is 26.8 Å². The third-order valence-corrected chi connectivity index (χ3v) is 6.20. The minimum Gasteiger partial charge on any atom is -0.322 e. The van der Waals surface area contributed by atoms with E-state index < -0.39 is 0 Å². The Labute approximate surface area is 179 Å². The van der Waals surface area contributed by atoms with Crippen molar-refractivity contribution < 1.29 is 0 Å². The molecule has 2 aromatic carbocycles. The fourth-order valence-electron chi connectivity index (χ4n) is 3.15. The number of thiophene rings is 1. The van der Waals surface area contributed by atoms with Gasteiger partial charge in [-0.25, -0.2) is 5.01 Å². The maximum absolute atomic E-state index is 6.09. The van der Waals surface area contributed by atoms with Crippen molar-refractivity contribution >= 4 is 51.0 Å². The molecule has 28 heavy (non-hydrogen) atoms. The smallest absolute Gasteiger partial charge is 0.195 e. The second-order valence-corrected chi connectivity index (χ2v) is 8.79. The van der Waals surface area contributed by atoms with Gasteiger partial charge >= 0.3 is 0 Å². The lowest BCUT2D eigenvalue weighted by Crippen LogP contribution is -2.29. The average molecular weight is 426 g/mol. The number of nitrogens with one attached hydrogen (secondary N) is 1. The summed E-state index contributed by atoms with van der Waals surface area (Å²) in [6.07, 6.45) is 1.03. The van der Waals surface area contributed by atoms with E-state index >= 15 is 0 Å². The number of halogens is 1. The standard InChI is InChI=1S/C22H20ClN3S2/c1-3-15-4-6-16(7-5-15)13-26-22(27)24-21-19(12-14(2)28-21)20(25-26)17-8-10-18(23)11-9-17/h4-12H,3,13H2,1-2H3,(H,24,27). The van der Waals surface area contributed by atoms with Crippen molar-refractivity contribution in [1.82, 2.24) is 5.01 Å². The molecule has 0 bridgehead atoms. The van der Waals surface area contributed by atoms with Crippen LogP contribution < -0.4 is 5.32 Å². The summed E-state index contributed by atoms with van der Waals surface area (Å²) in [7, 11) is 0. The molecule has 0 radical (unpaired) electrons. The number of nitrogens with zero attached hydrogens (tertiary/aromatic N) is 2. The van der Waals surface area contributed by atoms with Crippen molar-refractivity contribution in [3.63, 3.8) is 0 Å². The Kier molecular flexibility index (Phi) is 5.49. The van der Waals surface area contributed by atoms with Crippen LogP contribution in [-0.4, -0.2) is 15.8 Å². The van der Waals surface area contributed by atoms with Crippen LogP contribution in [0.3, 0.4) is 0 Å². The normalized spacial score (nSPS) is 13.6. The molecule has 142 valence electrons. The van der Waals surface area contributed by atoms with E-state index in [0.29, 0.717) is 16.7 Å². The number of fused-ring (bicyclic) bond motifs is 1. The van der Waals surface area contributed by atoms with E-state index in [1.807, 2.05) is 29.3 Å². The van der Waals surface area contributed by atoms with Crippen molar-refractivity contribution in [2.75, 3.05) is 5.32 Å². The van der Waals surface area contributed by atoms with Gasteiger partial charge in [0.15, 0.2) is 5.11 Å². The van der Waals surface area contributed by atoms with Crippen LogP contribution in [0.2, 0.25) is 5.02 Å². The second kappa shape index (κ2) is 8.03. The minimum absolute atomic E-state index is 0.603. The number of hydrogen-bond donors (Lipinski definition) is 1. The number of aryl methyl sites for hydroxylation is 2. The van der Waals surface area contributed by atoms with Crippen LogP contribution in [-0.2, 0) is 13.0 Å². The van der Waals surface area contributed by atoms with Gasteiger partial charge in [0, 0.05) is 21.0 Å². The molecule has 6 heteroatoms. The summed E-state index contributed by atoms with van der Waals surface area (Å²) in [6.45, 7) is 4.86. The van der Waals surface area contributed by atoms with E-state index in [9.17, 15) is 0 Å². The molecule has 1 N–H and O–H groups in total. The predicted molar refractivity (Wildman–Crippen MR) is 124 cm³/mol. The zero-order chi connectivity index (χ0) is 19.7. The average Bonchev–Trinajstić information content (AvgIpc) is 3.00. The number of hydrazone groups is 1. The van der Waals surface area contributed by atoms with E-state index in [1.165, 1.54) is 16.0 Å². The van der Waals surface area contributed by atoms with Crippen molar-refractivity contribution in [3.05, 3.63) is 86.8 Å². The molecule has 3 nitrogen and oxygen atoms in total. The Morgan fingerprint density at radius 3 is 2.43 bits per heavy atom. The summed E-state index contributed by atoms with van der Waals surface area (Å²) in [6, 6.07) is 18.5. The molecule has 0 saturated carbocycles. The summed E-state index contributed by atoms with van der Waals surface area (Å²) in [5, 5.41) is 12.5. The predicted octanol–water partition coefficient (Wildman–Crippen LogP) is 6.24. The summed E-state index contributed by atoms with van der Waals surface area (Å²) in [5.41, 5.74) is 5.47. The molecule has 0 atom stereocenters. The molecule has 0 saturated heterocycles. The van der Waals surface area contributed by atoms with E-state index in [4.69, 9.17) is 28.9 Å². The fourth-order valence-corrected chi connectivity index (χ4v) is 4.46. The van der Waals surface area contributed by atoms with Crippen LogP contribution in [0.15, 0.2) is 59.7 Å². The quantitative estimate of drug-likeness (QED) is 0.501. The van der Waals surface area contributed by atoms with E-state index in [1.54, 1.807) is 11.3 Å².